The highest BCUT2D eigenvalue weighted by atomic mass is 16.2. The van der Waals surface area contributed by atoms with Gasteiger partial charge in [0.05, 0.1) is 0 Å². The molecule has 0 saturated heterocycles. The highest BCUT2D eigenvalue weighted by Gasteiger charge is 2.14. The van der Waals surface area contributed by atoms with Gasteiger partial charge in [-0.05, 0) is 25.5 Å². The first-order chi connectivity index (χ1) is 10.8. The van der Waals surface area contributed by atoms with E-state index >= 15 is 0 Å². The molecule has 3 heterocycles. The molecule has 0 bridgehead atoms. The maximum Gasteiger partial charge on any atom is 0.244 e. The Bertz CT molecular complexity index is 749. The Morgan fingerprint density at radius 1 is 1.36 bits per heavy atom. The fraction of sp³-hybridized carbons (Fsp3) is 0.357. The van der Waals surface area contributed by atoms with Crippen molar-refractivity contribution in [1.82, 2.24) is 34.7 Å². The van der Waals surface area contributed by atoms with E-state index in [4.69, 9.17) is 0 Å². The number of fused-ring (bicyclic) bond motifs is 1. The highest BCUT2D eigenvalue weighted by molar-refractivity contribution is 5.79. The van der Waals surface area contributed by atoms with Gasteiger partial charge in [0.2, 0.25) is 5.91 Å². The van der Waals surface area contributed by atoms with Crippen LogP contribution in [0.4, 0.5) is 0 Å². The summed E-state index contributed by atoms with van der Waals surface area (Å²) in [4.78, 5) is 15.8. The van der Waals surface area contributed by atoms with E-state index in [1.165, 1.54) is 17.3 Å². The molecule has 8 heteroatoms. The molecule has 0 aliphatic carbocycles. The minimum Gasteiger partial charge on any atom is -0.354 e. The summed E-state index contributed by atoms with van der Waals surface area (Å²) in [6, 6.07) is 5.43. The van der Waals surface area contributed by atoms with Gasteiger partial charge in [0.25, 0.3) is 0 Å². The Kier molecular flexibility index (Phi) is 4.08. The van der Waals surface area contributed by atoms with Crippen molar-refractivity contribution in [3.05, 3.63) is 42.9 Å². The molecule has 0 spiro atoms. The number of carbonyl (C=O) groups excluding carboxylic acids is 1. The Labute approximate surface area is 127 Å². The second-order valence-electron chi connectivity index (χ2n) is 4.99. The van der Waals surface area contributed by atoms with Crippen LogP contribution in [0.3, 0.4) is 0 Å². The Morgan fingerprint density at radius 3 is 3.09 bits per heavy atom. The van der Waals surface area contributed by atoms with Crippen LogP contribution in [0.25, 0.3) is 5.65 Å². The second kappa shape index (κ2) is 6.33. The summed E-state index contributed by atoms with van der Waals surface area (Å²) in [5.41, 5.74) is 0.835. The van der Waals surface area contributed by atoms with Gasteiger partial charge in [0.1, 0.15) is 24.5 Å². The zero-order valence-electron chi connectivity index (χ0n) is 12.3. The van der Waals surface area contributed by atoms with E-state index in [1.54, 1.807) is 6.92 Å². The molecular weight excluding hydrogens is 282 g/mol. The second-order valence-corrected chi connectivity index (χ2v) is 4.99. The number of pyridine rings is 1. The highest BCUT2D eigenvalue weighted by Crippen LogP contribution is 2.05. The smallest absolute Gasteiger partial charge is 0.244 e. The molecule has 8 nitrogen and oxygen atoms in total. The summed E-state index contributed by atoms with van der Waals surface area (Å²) >= 11 is 0. The number of aromatic nitrogens is 6. The number of aryl methyl sites for hydroxylation is 1. The van der Waals surface area contributed by atoms with Crippen LogP contribution in [0.2, 0.25) is 0 Å². The van der Waals surface area contributed by atoms with Crippen LogP contribution in [-0.2, 0) is 11.2 Å². The van der Waals surface area contributed by atoms with Gasteiger partial charge in [-0.3, -0.25) is 9.20 Å². The van der Waals surface area contributed by atoms with Crippen LogP contribution in [-0.4, -0.2) is 41.8 Å². The maximum absolute atomic E-state index is 12.0. The van der Waals surface area contributed by atoms with Crippen LogP contribution >= 0.6 is 0 Å². The van der Waals surface area contributed by atoms with E-state index in [0.717, 1.165) is 24.3 Å². The first-order valence-electron chi connectivity index (χ1n) is 7.16. The van der Waals surface area contributed by atoms with Gasteiger partial charge in [0.15, 0.2) is 5.65 Å². The van der Waals surface area contributed by atoms with Crippen molar-refractivity contribution < 1.29 is 4.79 Å². The van der Waals surface area contributed by atoms with Crippen molar-refractivity contribution in [1.29, 1.82) is 0 Å². The molecule has 3 aromatic rings. The Morgan fingerprint density at radius 2 is 2.27 bits per heavy atom. The molecule has 0 aromatic carbocycles. The van der Waals surface area contributed by atoms with Crippen LogP contribution in [0.5, 0.6) is 0 Å². The predicted octanol–water partition coefficient (Wildman–Crippen LogP) is 0.631. The standard InChI is InChI=1S/C14H17N7O/c1-11(21-10-15-9-17-21)14(22)16-7-4-6-13-19-18-12-5-2-3-8-20(12)13/h2-3,5,8-11H,4,6-7H2,1H3,(H,16,22)/t11-/m1/s1. The summed E-state index contributed by atoms with van der Waals surface area (Å²) < 4.78 is 3.49. The molecule has 0 aliphatic heterocycles. The normalized spacial score (nSPS) is 12.4. The lowest BCUT2D eigenvalue weighted by Gasteiger charge is -2.11. The lowest BCUT2D eigenvalue weighted by molar-refractivity contribution is -0.124. The SMILES string of the molecule is C[C@H](C(=O)NCCCc1nnc2ccccn12)n1cncn1. The minimum atomic E-state index is -0.364. The number of carbonyl (C=O) groups is 1. The van der Waals surface area contributed by atoms with Crippen molar-refractivity contribution in [3.63, 3.8) is 0 Å². The Hall–Kier alpha value is -2.77. The number of hydrogen-bond donors (Lipinski definition) is 1. The number of hydrogen-bond acceptors (Lipinski definition) is 5. The number of rotatable bonds is 6. The van der Waals surface area contributed by atoms with Crippen molar-refractivity contribution >= 4 is 11.6 Å². The van der Waals surface area contributed by atoms with Gasteiger partial charge in [-0.15, -0.1) is 10.2 Å². The first-order valence-corrected chi connectivity index (χ1v) is 7.16. The molecule has 0 unspecified atom stereocenters. The van der Waals surface area contributed by atoms with Crippen LogP contribution in [0.1, 0.15) is 25.2 Å². The minimum absolute atomic E-state index is 0.0726. The predicted molar refractivity (Wildman–Crippen MR) is 79.1 cm³/mol. The molecule has 114 valence electrons. The average Bonchev–Trinajstić information content (AvgIpc) is 3.20. The topological polar surface area (TPSA) is 90.0 Å². The van der Waals surface area contributed by atoms with Gasteiger partial charge in [-0.1, -0.05) is 6.07 Å². The largest absolute Gasteiger partial charge is 0.354 e. The van der Waals surface area contributed by atoms with Gasteiger partial charge in [-0.2, -0.15) is 5.10 Å². The molecule has 0 radical (unpaired) electrons. The monoisotopic (exact) mass is 299 g/mol. The van der Waals surface area contributed by atoms with Gasteiger partial charge in [0, 0.05) is 19.2 Å². The van der Waals surface area contributed by atoms with Crippen molar-refractivity contribution in [2.75, 3.05) is 6.54 Å². The van der Waals surface area contributed by atoms with E-state index in [9.17, 15) is 4.79 Å². The third-order valence-corrected chi connectivity index (χ3v) is 3.47. The van der Waals surface area contributed by atoms with E-state index in [2.05, 4.69) is 25.6 Å². The molecule has 1 N–H and O–H groups in total. The molecule has 0 saturated carbocycles. The van der Waals surface area contributed by atoms with Crippen molar-refractivity contribution in [3.8, 4) is 0 Å². The lowest BCUT2D eigenvalue weighted by Crippen LogP contribution is -2.32. The fourth-order valence-electron chi connectivity index (χ4n) is 2.20. The van der Waals surface area contributed by atoms with Crippen LogP contribution in [0.15, 0.2) is 37.1 Å². The van der Waals surface area contributed by atoms with E-state index in [0.29, 0.717) is 6.54 Å². The lowest BCUT2D eigenvalue weighted by atomic mass is 10.2. The van der Waals surface area contributed by atoms with E-state index in [1.807, 2.05) is 28.8 Å². The van der Waals surface area contributed by atoms with Gasteiger partial charge < -0.3 is 5.32 Å². The zero-order chi connectivity index (χ0) is 15.4. The molecule has 0 aliphatic rings. The molecule has 3 rings (SSSR count). The zero-order valence-corrected chi connectivity index (χ0v) is 12.3. The average molecular weight is 299 g/mol. The first kappa shape index (κ1) is 14.2. The molecule has 1 amide bonds. The van der Waals surface area contributed by atoms with Gasteiger partial charge >= 0.3 is 0 Å². The van der Waals surface area contributed by atoms with E-state index in [-0.39, 0.29) is 11.9 Å². The van der Waals surface area contributed by atoms with Crippen molar-refractivity contribution in [2.45, 2.75) is 25.8 Å². The quantitative estimate of drug-likeness (QED) is 0.674. The summed E-state index contributed by atoms with van der Waals surface area (Å²) in [7, 11) is 0. The molecule has 3 aromatic heterocycles. The Balaban J connectivity index is 1.48. The maximum atomic E-state index is 12.0. The molecular formula is C14H17N7O. The molecule has 1 atom stereocenters. The fourth-order valence-corrected chi connectivity index (χ4v) is 2.20. The summed E-state index contributed by atoms with van der Waals surface area (Å²) in [5.74, 6) is 0.825. The van der Waals surface area contributed by atoms with Gasteiger partial charge in [-0.25, -0.2) is 9.67 Å². The third kappa shape index (κ3) is 2.95. The summed E-state index contributed by atoms with van der Waals surface area (Å²) in [6.45, 7) is 2.37. The van der Waals surface area contributed by atoms with Crippen LogP contribution in [0, 0.1) is 0 Å². The number of amides is 1. The summed E-state index contributed by atoms with van der Waals surface area (Å²) in [6.07, 6.45) is 6.44. The van der Waals surface area contributed by atoms with E-state index < -0.39 is 0 Å². The molecule has 22 heavy (non-hydrogen) atoms. The van der Waals surface area contributed by atoms with Crippen molar-refractivity contribution in [2.24, 2.45) is 0 Å². The number of nitrogens with zero attached hydrogens (tertiary/aromatic N) is 6. The summed E-state index contributed by atoms with van der Waals surface area (Å²) in [5, 5.41) is 15.1. The van der Waals surface area contributed by atoms with Crippen LogP contribution < -0.4 is 5.32 Å². The number of nitrogens with one attached hydrogen (secondary N) is 1. The molecule has 0 fully saturated rings. The third-order valence-electron chi connectivity index (χ3n) is 3.47.